The van der Waals surface area contributed by atoms with Gasteiger partial charge in [0.25, 0.3) is 5.56 Å². The Labute approximate surface area is 264 Å². The van der Waals surface area contributed by atoms with Gasteiger partial charge in [-0.3, -0.25) is 19.1 Å². The van der Waals surface area contributed by atoms with E-state index in [1.54, 1.807) is 29.8 Å². The Kier molecular flexibility index (Phi) is 8.03. The van der Waals surface area contributed by atoms with E-state index in [1.165, 1.54) is 22.8 Å². The first-order valence-electron chi connectivity index (χ1n) is 15.4. The lowest BCUT2D eigenvalue weighted by molar-refractivity contribution is -0.142. The number of nitrogens with zero attached hydrogens (tertiary/aromatic N) is 8. The van der Waals surface area contributed by atoms with Crippen LogP contribution in [0.3, 0.4) is 0 Å². The van der Waals surface area contributed by atoms with Crippen LogP contribution in [0, 0.1) is 5.92 Å². The number of benzene rings is 1. The largest absolute Gasteiger partial charge is 0.388 e. The van der Waals surface area contributed by atoms with Crippen LogP contribution in [0.1, 0.15) is 35.8 Å². The number of carbonyl (C=O) groups is 1. The predicted molar refractivity (Wildman–Crippen MR) is 171 cm³/mol. The molecular weight excluding hydrogens is 588 g/mol. The number of thiazole rings is 1. The average Bonchev–Trinajstić information content (AvgIpc) is 3.70. The quantitative estimate of drug-likeness (QED) is 0.293. The molecule has 4 aromatic heterocycles. The van der Waals surface area contributed by atoms with Gasteiger partial charge in [-0.15, -0.1) is 11.3 Å². The molecule has 1 amide bonds. The maximum absolute atomic E-state index is 14.1. The van der Waals surface area contributed by atoms with Gasteiger partial charge in [-0.25, -0.2) is 19.9 Å². The van der Waals surface area contributed by atoms with Crippen molar-refractivity contribution in [2.45, 2.75) is 43.9 Å². The number of fused-ring (bicyclic) bond motifs is 1. The van der Waals surface area contributed by atoms with Crippen LogP contribution in [-0.4, -0.2) is 81.7 Å². The third-order valence-electron chi connectivity index (χ3n) is 9.32. The Morgan fingerprint density at radius 2 is 1.82 bits per heavy atom. The minimum atomic E-state index is -1.08. The van der Waals surface area contributed by atoms with Crippen molar-refractivity contribution in [3.8, 4) is 10.4 Å². The van der Waals surface area contributed by atoms with E-state index in [9.17, 15) is 14.7 Å². The Balaban J connectivity index is 1.02. The van der Waals surface area contributed by atoms with Gasteiger partial charge in [-0.1, -0.05) is 30.3 Å². The van der Waals surface area contributed by atoms with Gasteiger partial charge in [0.2, 0.25) is 5.91 Å². The summed E-state index contributed by atoms with van der Waals surface area (Å²) in [5, 5.41) is 13.0. The van der Waals surface area contributed by atoms with Crippen LogP contribution in [0.25, 0.3) is 21.5 Å². The molecule has 1 N–H and O–H groups in total. The molecule has 232 valence electrons. The number of carbonyl (C=O) groups excluding carboxylic acids is 1. The fourth-order valence-electron chi connectivity index (χ4n) is 6.78. The topological polar surface area (TPSA) is 122 Å². The number of aryl methyl sites for hydroxylation is 1. The summed E-state index contributed by atoms with van der Waals surface area (Å²) in [6.45, 7) is 3.36. The van der Waals surface area contributed by atoms with Crippen molar-refractivity contribution in [3.63, 3.8) is 0 Å². The molecule has 2 saturated heterocycles. The van der Waals surface area contributed by atoms with Crippen LogP contribution < -0.4 is 5.56 Å². The zero-order valence-corrected chi connectivity index (χ0v) is 26.0. The maximum atomic E-state index is 14.1. The molecule has 6 heterocycles. The van der Waals surface area contributed by atoms with E-state index in [1.807, 2.05) is 47.1 Å². The third-order valence-corrected chi connectivity index (χ3v) is 10.4. The molecule has 2 fully saturated rings. The summed E-state index contributed by atoms with van der Waals surface area (Å²) in [6, 6.07) is 12.1. The maximum Gasteiger partial charge on any atom is 0.262 e. The smallest absolute Gasteiger partial charge is 0.262 e. The minimum absolute atomic E-state index is 0.0532. The number of aromatic nitrogens is 6. The highest BCUT2D eigenvalue weighted by atomic mass is 32.1. The number of hydrogen-bond acceptors (Lipinski definition) is 9. The summed E-state index contributed by atoms with van der Waals surface area (Å²) < 4.78 is 3.31. The van der Waals surface area contributed by atoms with Crippen molar-refractivity contribution in [1.29, 1.82) is 0 Å². The normalized spacial score (nSPS) is 20.4. The molecule has 0 radical (unpaired) electrons. The van der Waals surface area contributed by atoms with E-state index in [4.69, 9.17) is 0 Å². The summed E-state index contributed by atoms with van der Waals surface area (Å²) in [6.07, 6.45) is 11.9. The second-order valence-corrected chi connectivity index (χ2v) is 13.4. The molecular formula is C33H36N8O3S. The lowest BCUT2D eigenvalue weighted by Gasteiger charge is -2.43. The van der Waals surface area contributed by atoms with Gasteiger partial charge < -0.3 is 14.6 Å². The van der Waals surface area contributed by atoms with Gasteiger partial charge in [0, 0.05) is 68.9 Å². The van der Waals surface area contributed by atoms with E-state index in [0.29, 0.717) is 37.0 Å². The molecule has 2 aliphatic heterocycles. The molecule has 0 aliphatic carbocycles. The van der Waals surface area contributed by atoms with Crippen molar-refractivity contribution >= 4 is 28.3 Å². The number of amides is 1. The molecule has 7 rings (SSSR count). The molecule has 1 aromatic carbocycles. The highest BCUT2D eigenvalue weighted by molar-refractivity contribution is 7.15. The summed E-state index contributed by atoms with van der Waals surface area (Å²) in [4.78, 5) is 49.8. The van der Waals surface area contributed by atoms with E-state index < -0.39 is 5.60 Å². The van der Waals surface area contributed by atoms with Gasteiger partial charge in [-0.05, 0) is 37.4 Å². The molecule has 11 nitrogen and oxygen atoms in total. The Bertz CT molecular complexity index is 1850. The molecule has 2 atom stereocenters. The van der Waals surface area contributed by atoms with Crippen LogP contribution in [-0.2, 0) is 24.9 Å². The minimum Gasteiger partial charge on any atom is -0.388 e. The highest BCUT2D eigenvalue weighted by Crippen LogP contribution is 2.36. The van der Waals surface area contributed by atoms with Gasteiger partial charge >= 0.3 is 0 Å². The van der Waals surface area contributed by atoms with Gasteiger partial charge in [0.15, 0.2) is 0 Å². The van der Waals surface area contributed by atoms with E-state index >= 15 is 0 Å². The van der Waals surface area contributed by atoms with E-state index in [2.05, 4.69) is 37.0 Å². The average molecular weight is 625 g/mol. The summed E-state index contributed by atoms with van der Waals surface area (Å²) in [5.41, 5.74) is 1.51. The first-order valence-corrected chi connectivity index (χ1v) is 16.2. The first kappa shape index (κ1) is 29.5. The van der Waals surface area contributed by atoms with Crippen molar-refractivity contribution in [2.75, 3.05) is 26.2 Å². The monoisotopic (exact) mass is 624 g/mol. The van der Waals surface area contributed by atoms with Crippen molar-refractivity contribution in [1.82, 2.24) is 38.9 Å². The zero-order valence-electron chi connectivity index (χ0n) is 25.2. The number of piperidine rings is 2. The fraction of sp³-hybridized carbons (Fsp3) is 0.394. The van der Waals surface area contributed by atoms with Crippen LogP contribution in [0.4, 0.5) is 0 Å². The summed E-state index contributed by atoms with van der Waals surface area (Å²) in [7, 11) is 1.85. The molecule has 0 bridgehead atoms. The van der Waals surface area contributed by atoms with Crippen molar-refractivity contribution in [2.24, 2.45) is 13.0 Å². The van der Waals surface area contributed by atoms with Gasteiger partial charge in [0.05, 0.1) is 29.0 Å². The Morgan fingerprint density at radius 3 is 2.60 bits per heavy atom. The summed E-state index contributed by atoms with van der Waals surface area (Å²) in [5.74, 6) is 0.0589. The standard InChI is InChI=1S/C33H36N8O3S/c1-38-11-7-26-30(38)37-22-41(32(26)43)20-33(44)9-13-40(14-10-33)31(42)25-8-12-39(18-27(25)23-5-3-2-4-6-23)19-29-36-17-28(45-29)24-15-34-21-35-16-24/h2-7,11,15-17,21-22,25,27,44H,8-10,12-14,18-20H2,1H3/t25-,27+/m1/s1. The van der Waals surface area contributed by atoms with E-state index in [0.717, 1.165) is 41.5 Å². The molecule has 12 heteroatoms. The van der Waals surface area contributed by atoms with Crippen LogP contribution in [0.15, 0.2) is 78.6 Å². The van der Waals surface area contributed by atoms with Crippen molar-refractivity contribution < 1.29 is 9.90 Å². The molecule has 0 saturated carbocycles. The van der Waals surface area contributed by atoms with Crippen molar-refractivity contribution in [3.05, 3.63) is 94.8 Å². The third kappa shape index (κ3) is 6.05. The van der Waals surface area contributed by atoms with Gasteiger partial charge in [-0.2, -0.15) is 0 Å². The fourth-order valence-corrected chi connectivity index (χ4v) is 7.71. The zero-order chi connectivity index (χ0) is 31.0. The van der Waals surface area contributed by atoms with Crippen LogP contribution in [0.2, 0.25) is 0 Å². The Morgan fingerprint density at radius 1 is 1.04 bits per heavy atom. The molecule has 5 aromatic rings. The number of hydrogen-bond donors (Lipinski definition) is 1. The lowest BCUT2D eigenvalue weighted by Crippen LogP contribution is -2.53. The predicted octanol–water partition coefficient (Wildman–Crippen LogP) is 3.31. The number of likely N-dealkylation sites (tertiary alicyclic amines) is 2. The molecule has 45 heavy (non-hydrogen) atoms. The Hall–Kier alpha value is -4.26. The van der Waals surface area contributed by atoms with Crippen LogP contribution in [0.5, 0.6) is 0 Å². The molecule has 2 aliphatic rings. The molecule has 0 spiro atoms. The molecule has 0 unspecified atom stereocenters. The summed E-state index contributed by atoms with van der Waals surface area (Å²) >= 11 is 1.65. The number of aliphatic hydroxyl groups is 1. The highest BCUT2D eigenvalue weighted by Gasteiger charge is 2.41. The van der Waals surface area contributed by atoms with E-state index in [-0.39, 0.29) is 29.8 Å². The van der Waals surface area contributed by atoms with Gasteiger partial charge in [0.1, 0.15) is 23.3 Å². The second kappa shape index (κ2) is 12.3. The first-order chi connectivity index (χ1) is 21.9. The van der Waals surface area contributed by atoms with Crippen LogP contribution >= 0.6 is 11.3 Å². The lowest BCUT2D eigenvalue weighted by atomic mass is 9.79. The second-order valence-electron chi connectivity index (χ2n) is 12.3. The SMILES string of the molecule is Cn1ccc2c(=O)n(CC3(O)CCN(C(=O)[C@@H]4CCN(Cc5ncc(-c6cncnc6)s5)C[C@H]4c4ccccc4)CC3)cnc21. The number of rotatable bonds is 7.